The summed E-state index contributed by atoms with van der Waals surface area (Å²) in [6, 6.07) is 0.661. The standard InChI is InChI=1S/C13H26N2O2/c1-14(2)8-12-4-3-6-15(12)9-13(10-16)5-7-17-11-13/h12,16H,3-11H2,1-2H3. The van der Waals surface area contributed by atoms with Crippen molar-refractivity contribution in [3.63, 3.8) is 0 Å². The Bertz CT molecular complexity index is 240. The maximum atomic E-state index is 9.63. The van der Waals surface area contributed by atoms with E-state index >= 15 is 0 Å². The van der Waals surface area contributed by atoms with Crippen molar-refractivity contribution in [2.45, 2.75) is 25.3 Å². The van der Waals surface area contributed by atoms with Gasteiger partial charge in [0.15, 0.2) is 0 Å². The van der Waals surface area contributed by atoms with Crippen LogP contribution in [0.25, 0.3) is 0 Å². The van der Waals surface area contributed by atoms with E-state index in [-0.39, 0.29) is 12.0 Å². The summed E-state index contributed by atoms with van der Waals surface area (Å²) >= 11 is 0. The second kappa shape index (κ2) is 5.65. The highest BCUT2D eigenvalue weighted by atomic mass is 16.5. The summed E-state index contributed by atoms with van der Waals surface area (Å²) in [5.74, 6) is 0. The van der Waals surface area contributed by atoms with E-state index in [1.807, 2.05) is 0 Å². The molecule has 1 N–H and O–H groups in total. The first-order valence-corrected chi connectivity index (χ1v) is 6.73. The van der Waals surface area contributed by atoms with Gasteiger partial charge in [-0.05, 0) is 39.9 Å². The fourth-order valence-corrected chi connectivity index (χ4v) is 3.11. The van der Waals surface area contributed by atoms with E-state index in [1.54, 1.807) is 0 Å². The molecule has 2 unspecified atom stereocenters. The lowest BCUT2D eigenvalue weighted by molar-refractivity contribution is 0.0490. The van der Waals surface area contributed by atoms with Gasteiger partial charge in [-0.3, -0.25) is 4.90 Å². The Morgan fingerprint density at radius 1 is 1.47 bits per heavy atom. The molecule has 0 saturated carbocycles. The Kier molecular flexibility index (Phi) is 4.42. The summed E-state index contributed by atoms with van der Waals surface area (Å²) in [7, 11) is 4.27. The van der Waals surface area contributed by atoms with Gasteiger partial charge in [0.1, 0.15) is 0 Å². The summed E-state index contributed by atoms with van der Waals surface area (Å²) < 4.78 is 5.48. The van der Waals surface area contributed by atoms with Crippen molar-refractivity contribution in [1.82, 2.24) is 9.80 Å². The third-order valence-corrected chi connectivity index (χ3v) is 4.13. The lowest BCUT2D eigenvalue weighted by Gasteiger charge is -2.34. The Morgan fingerprint density at radius 2 is 2.29 bits per heavy atom. The monoisotopic (exact) mass is 242 g/mol. The molecule has 0 aliphatic carbocycles. The van der Waals surface area contributed by atoms with Crippen LogP contribution in [0.5, 0.6) is 0 Å². The van der Waals surface area contributed by atoms with E-state index in [4.69, 9.17) is 4.74 Å². The zero-order valence-corrected chi connectivity index (χ0v) is 11.2. The zero-order chi connectivity index (χ0) is 12.3. The number of ether oxygens (including phenoxy) is 1. The molecule has 100 valence electrons. The highest BCUT2D eigenvalue weighted by Crippen LogP contribution is 2.32. The van der Waals surface area contributed by atoms with E-state index in [9.17, 15) is 5.11 Å². The molecule has 0 amide bonds. The first-order chi connectivity index (χ1) is 8.15. The van der Waals surface area contributed by atoms with Gasteiger partial charge < -0.3 is 14.7 Å². The molecule has 2 fully saturated rings. The summed E-state index contributed by atoms with van der Waals surface area (Å²) in [5, 5.41) is 9.63. The number of rotatable bonds is 5. The van der Waals surface area contributed by atoms with Crippen LogP contribution in [-0.4, -0.2) is 74.5 Å². The molecule has 0 bridgehead atoms. The van der Waals surface area contributed by atoms with E-state index in [0.717, 1.165) is 32.7 Å². The maximum Gasteiger partial charge on any atom is 0.0557 e. The van der Waals surface area contributed by atoms with Gasteiger partial charge in [0.05, 0.1) is 13.2 Å². The van der Waals surface area contributed by atoms with Crippen LogP contribution >= 0.6 is 0 Å². The topological polar surface area (TPSA) is 35.9 Å². The minimum absolute atomic E-state index is 0.00883. The van der Waals surface area contributed by atoms with Crippen LogP contribution in [0.4, 0.5) is 0 Å². The number of likely N-dealkylation sites (N-methyl/N-ethyl adjacent to an activating group) is 1. The highest BCUT2D eigenvalue weighted by Gasteiger charge is 2.38. The van der Waals surface area contributed by atoms with Gasteiger partial charge in [-0.25, -0.2) is 0 Å². The average molecular weight is 242 g/mol. The van der Waals surface area contributed by atoms with E-state index in [0.29, 0.717) is 6.04 Å². The van der Waals surface area contributed by atoms with Crippen molar-refractivity contribution in [2.75, 3.05) is 53.6 Å². The van der Waals surface area contributed by atoms with Gasteiger partial charge >= 0.3 is 0 Å². The number of aliphatic hydroxyl groups excluding tert-OH is 1. The van der Waals surface area contributed by atoms with E-state index in [2.05, 4.69) is 23.9 Å². The molecule has 2 atom stereocenters. The molecule has 0 radical (unpaired) electrons. The fourth-order valence-electron chi connectivity index (χ4n) is 3.11. The summed E-state index contributed by atoms with van der Waals surface area (Å²) in [6.07, 6.45) is 3.59. The average Bonchev–Trinajstić information content (AvgIpc) is 2.90. The Hall–Kier alpha value is -0.160. The SMILES string of the molecule is CN(C)CC1CCCN1CC1(CO)CCOC1. The smallest absolute Gasteiger partial charge is 0.0557 e. The number of hydrogen-bond donors (Lipinski definition) is 1. The van der Waals surface area contributed by atoms with Gasteiger partial charge in [0.25, 0.3) is 0 Å². The van der Waals surface area contributed by atoms with Crippen LogP contribution in [0.1, 0.15) is 19.3 Å². The van der Waals surface area contributed by atoms with Gasteiger partial charge in [-0.1, -0.05) is 0 Å². The van der Waals surface area contributed by atoms with Crippen molar-refractivity contribution in [3.05, 3.63) is 0 Å². The van der Waals surface area contributed by atoms with Gasteiger partial charge in [-0.15, -0.1) is 0 Å². The summed E-state index contributed by atoms with van der Waals surface area (Å²) in [5.41, 5.74) is 0.00883. The molecule has 0 aromatic rings. The lowest BCUT2D eigenvalue weighted by Crippen LogP contribution is -2.45. The second-order valence-electron chi connectivity index (χ2n) is 5.99. The van der Waals surface area contributed by atoms with Gasteiger partial charge in [0.2, 0.25) is 0 Å². The molecular formula is C13H26N2O2. The molecule has 2 rings (SSSR count). The molecular weight excluding hydrogens is 216 g/mol. The molecule has 0 aromatic heterocycles. The maximum absolute atomic E-state index is 9.63. The molecule has 4 nitrogen and oxygen atoms in total. The highest BCUT2D eigenvalue weighted by molar-refractivity contribution is 4.90. The molecule has 2 aliphatic rings. The van der Waals surface area contributed by atoms with Gasteiger partial charge in [-0.2, -0.15) is 0 Å². The van der Waals surface area contributed by atoms with Crippen molar-refractivity contribution in [3.8, 4) is 0 Å². The number of aliphatic hydroxyl groups is 1. The third-order valence-electron chi connectivity index (χ3n) is 4.13. The Labute approximate surface area is 105 Å². The lowest BCUT2D eigenvalue weighted by atomic mass is 9.87. The van der Waals surface area contributed by atoms with Crippen LogP contribution < -0.4 is 0 Å². The van der Waals surface area contributed by atoms with Crippen LogP contribution in [0, 0.1) is 5.41 Å². The minimum atomic E-state index is 0.00883. The Balaban J connectivity index is 1.92. The van der Waals surface area contributed by atoms with E-state index in [1.165, 1.54) is 19.4 Å². The van der Waals surface area contributed by atoms with Crippen LogP contribution in [0.3, 0.4) is 0 Å². The second-order valence-corrected chi connectivity index (χ2v) is 5.99. The predicted molar refractivity (Wildman–Crippen MR) is 68.1 cm³/mol. The first kappa shape index (κ1) is 13.3. The number of nitrogens with zero attached hydrogens (tertiary/aromatic N) is 2. The quantitative estimate of drug-likeness (QED) is 0.757. The van der Waals surface area contributed by atoms with Crippen molar-refractivity contribution < 1.29 is 9.84 Å². The number of likely N-dealkylation sites (tertiary alicyclic amines) is 1. The molecule has 2 heterocycles. The van der Waals surface area contributed by atoms with Crippen LogP contribution in [0.15, 0.2) is 0 Å². The first-order valence-electron chi connectivity index (χ1n) is 6.73. The van der Waals surface area contributed by atoms with Gasteiger partial charge in [0, 0.05) is 31.2 Å². The summed E-state index contributed by atoms with van der Waals surface area (Å²) in [4.78, 5) is 4.82. The number of hydrogen-bond acceptors (Lipinski definition) is 4. The summed E-state index contributed by atoms with van der Waals surface area (Å²) in [6.45, 7) is 5.12. The molecule has 4 heteroatoms. The molecule has 0 aromatic carbocycles. The fraction of sp³-hybridized carbons (Fsp3) is 1.00. The molecule has 0 spiro atoms. The normalized spacial score (nSPS) is 34.9. The third kappa shape index (κ3) is 3.19. The largest absolute Gasteiger partial charge is 0.396 e. The van der Waals surface area contributed by atoms with Crippen LogP contribution in [0.2, 0.25) is 0 Å². The zero-order valence-electron chi connectivity index (χ0n) is 11.2. The predicted octanol–water partition coefficient (Wildman–Crippen LogP) is 0.411. The molecule has 2 saturated heterocycles. The van der Waals surface area contributed by atoms with E-state index < -0.39 is 0 Å². The van der Waals surface area contributed by atoms with Crippen molar-refractivity contribution >= 4 is 0 Å². The Morgan fingerprint density at radius 3 is 2.88 bits per heavy atom. The van der Waals surface area contributed by atoms with Crippen molar-refractivity contribution in [2.24, 2.45) is 5.41 Å². The van der Waals surface area contributed by atoms with Crippen molar-refractivity contribution in [1.29, 1.82) is 0 Å². The van der Waals surface area contributed by atoms with Crippen LogP contribution in [-0.2, 0) is 4.74 Å². The molecule has 17 heavy (non-hydrogen) atoms. The molecule has 2 aliphatic heterocycles. The minimum Gasteiger partial charge on any atom is -0.396 e.